The van der Waals surface area contributed by atoms with Crippen molar-refractivity contribution in [2.24, 2.45) is 0 Å². The molecule has 2 heterocycles. The van der Waals surface area contributed by atoms with Crippen LogP contribution in [0.2, 0.25) is 0 Å². The zero-order valence-electron chi connectivity index (χ0n) is 13.0. The average molecular weight is 318 g/mol. The SMILES string of the molecule is CN[C@@H](CN1CC[C@H](O)C1)c1cccc(-c2nnc(C)s2)c1. The Morgan fingerprint density at radius 3 is 2.95 bits per heavy atom. The zero-order valence-corrected chi connectivity index (χ0v) is 13.8. The first-order valence-electron chi connectivity index (χ1n) is 7.64. The van der Waals surface area contributed by atoms with E-state index in [0.29, 0.717) is 0 Å². The lowest BCUT2D eigenvalue weighted by atomic mass is 10.0. The summed E-state index contributed by atoms with van der Waals surface area (Å²) in [5.41, 5.74) is 2.36. The van der Waals surface area contributed by atoms with E-state index in [-0.39, 0.29) is 12.1 Å². The monoisotopic (exact) mass is 318 g/mol. The summed E-state index contributed by atoms with van der Waals surface area (Å²) >= 11 is 1.62. The summed E-state index contributed by atoms with van der Waals surface area (Å²) < 4.78 is 0. The van der Waals surface area contributed by atoms with E-state index < -0.39 is 0 Å². The van der Waals surface area contributed by atoms with Gasteiger partial charge in [0.2, 0.25) is 0 Å². The topological polar surface area (TPSA) is 61.3 Å². The Hall–Kier alpha value is -1.34. The molecule has 1 aromatic carbocycles. The number of aliphatic hydroxyl groups excluding tert-OH is 1. The number of nitrogens with zero attached hydrogens (tertiary/aromatic N) is 3. The lowest BCUT2D eigenvalue weighted by Crippen LogP contribution is -2.33. The van der Waals surface area contributed by atoms with Gasteiger partial charge in [0.05, 0.1) is 6.10 Å². The van der Waals surface area contributed by atoms with E-state index in [2.05, 4.69) is 44.7 Å². The third-order valence-electron chi connectivity index (χ3n) is 4.10. The van der Waals surface area contributed by atoms with E-state index in [4.69, 9.17) is 0 Å². The Kier molecular flexibility index (Phi) is 4.83. The molecule has 0 amide bonds. The number of aromatic nitrogens is 2. The van der Waals surface area contributed by atoms with Crippen LogP contribution in [0.3, 0.4) is 0 Å². The molecule has 0 unspecified atom stereocenters. The highest BCUT2D eigenvalue weighted by Crippen LogP contribution is 2.26. The molecule has 1 saturated heterocycles. The van der Waals surface area contributed by atoms with Crippen molar-refractivity contribution < 1.29 is 5.11 Å². The van der Waals surface area contributed by atoms with Gasteiger partial charge in [-0.3, -0.25) is 4.90 Å². The molecule has 2 atom stereocenters. The second-order valence-electron chi connectivity index (χ2n) is 5.80. The van der Waals surface area contributed by atoms with E-state index in [0.717, 1.165) is 41.6 Å². The molecule has 2 aromatic rings. The molecular formula is C16H22N4OS. The number of likely N-dealkylation sites (tertiary alicyclic amines) is 1. The first-order valence-corrected chi connectivity index (χ1v) is 8.45. The van der Waals surface area contributed by atoms with Gasteiger partial charge in [0, 0.05) is 31.2 Å². The number of aliphatic hydroxyl groups is 1. The number of likely N-dealkylation sites (N-methyl/N-ethyl adjacent to an activating group) is 1. The Bertz CT molecular complexity index is 630. The lowest BCUT2D eigenvalue weighted by Gasteiger charge is -2.23. The average Bonchev–Trinajstić information content (AvgIpc) is 3.13. The van der Waals surface area contributed by atoms with Crippen LogP contribution in [0.15, 0.2) is 24.3 Å². The van der Waals surface area contributed by atoms with Crippen LogP contribution in [0.25, 0.3) is 10.6 Å². The third kappa shape index (κ3) is 3.52. The van der Waals surface area contributed by atoms with Gasteiger partial charge >= 0.3 is 0 Å². The fraction of sp³-hybridized carbons (Fsp3) is 0.500. The summed E-state index contributed by atoms with van der Waals surface area (Å²) in [6, 6.07) is 8.73. The number of benzene rings is 1. The second-order valence-corrected chi connectivity index (χ2v) is 6.98. The zero-order chi connectivity index (χ0) is 15.5. The molecule has 0 aliphatic carbocycles. The van der Waals surface area contributed by atoms with Crippen molar-refractivity contribution in [3.8, 4) is 10.6 Å². The fourth-order valence-electron chi connectivity index (χ4n) is 2.90. The van der Waals surface area contributed by atoms with Crippen molar-refractivity contribution in [3.63, 3.8) is 0 Å². The van der Waals surface area contributed by atoms with Crippen LogP contribution in [0.5, 0.6) is 0 Å². The van der Waals surface area contributed by atoms with E-state index in [9.17, 15) is 5.11 Å². The number of β-amino-alcohol motifs (C(OH)–C–C–N with tert-alkyl or cyclic N) is 1. The van der Waals surface area contributed by atoms with Gasteiger partial charge in [-0.1, -0.05) is 29.5 Å². The first kappa shape index (κ1) is 15.6. The minimum absolute atomic E-state index is 0.173. The van der Waals surface area contributed by atoms with Gasteiger partial charge in [-0.25, -0.2) is 0 Å². The molecule has 1 aliphatic heterocycles. The highest BCUT2D eigenvalue weighted by molar-refractivity contribution is 7.14. The van der Waals surface area contributed by atoms with E-state index >= 15 is 0 Å². The summed E-state index contributed by atoms with van der Waals surface area (Å²) in [6.07, 6.45) is 0.703. The molecule has 1 aliphatic rings. The number of rotatable bonds is 5. The van der Waals surface area contributed by atoms with Gasteiger partial charge in [-0.2, -0.15) is 0 Å². The van der Waals surface area contributed by atoms with Crippen molar-refractivity contribution in [1.82, 2.24) is 20.4 Å². The maximum absolute atomic E-state index is 9.67. The van der Waals surface area contributed by atoms with Crippen LogP contribution in [-0.4, -0.2) is 53.0 Å². The fourth-order valence-corrected chi connectivity index (χ4v) is 3.59. The molecule has 0 bridgehead atoms. The summed E-state index contributed by atoms with van der Waals surface area (Å²) in [6.45, 7) is 4.62. The Morgan fingerprint density at radius 1 is 1.45 bits per heavy atom. The van der Waals surface area contributed by atoms with Gasteiger partial charge in [-0.15, -0.1) is 10.2 Å². The van der Waals surface area contributed by atoms with E-state index in [1.807, 2.05) is 14.0 Å². The van der Waals surface area contributed by atoms with Crippen molar-refractivity contribution in [2.45, 2.75) is 25.5 Å². The molecule has 0 saturated carbocycles. The van der Waals surface area contributed by atoms with Gasteiger partial charge in [-0.05, 0) is 32.0 Å². The quantitative estimate of drug-likeness (QED) is 0.881. The molecule has 2 N–H and O–H groups in total. The van der Waals surface area contributed by atoms with Crippen LogP contribution < -0.4 is 5.32 Å². The molecule has 0 radical (unpaired) electrons. The molecular weight excluding hydrogens is 296 g/mol. The maximum Gasteiger partial charge on any atom is 0.147 e. The molecule has 22 heavy (non-hydrogen) atoms. The van der Waals surface area contributed by atoms with Crippen LogP contribution in [0.1, 0.15) is 23.0 Å². The third-order valence-corrected chi connectivity index (χ3v) is 4.99. The summed E-state index contributed by atoms with van der Waals surface area (Å²) in [7, 11) is 1.99. The summed E-state index contributed by atoms with van der Waals surface area (Å²) in [4.78, 5) is 2.31. The minimum Gasteiger partial charge on any atom is -0.392 e. The van der Waals surface area contributed by atoms with Crippen molar-refractivity contribution >= 4 is 11.3 Å². The molecule has 6 heteroatoms. The second kappa shape index (κ2) is 6.83. The highest BCUT2D eigenvalue weighted by Gasteiger charge is 2.23. The van der Waals surface area contributed by atoms with Gasteiger partial charge in [0.25, 0.3) is 0 Å². The molecule has 118 valence electrons. The first-order chi connectivity index (χ1) is 10.7. The van der Waals surface area contributed by atoms with E-state index in [1.54, 1.807) is 11.3 Å². The summed E-state index contributed by atoms with van der Waals surface area (Å²) in [5.74, 6) is 0. The number of nitrogens with one attached hydrogen (secondary N) is 1. The highest BCUT2D eigenvalue weighted by atomic mass is 32.1. The maximum atomic E-state index is 9.67. The molecule has 1 aromatic heterocycles. The molecule has 0 spiro atoms. The molecule has 3 rings (SSSR count). The van der Waals surface area contributed by atoms with Crippen LogP contribution in [-0.2, 0) is 0 Å². The number of aryl methyl sites for hydroxylation is 1. The van der Waals surface area contributed by atoms with Crippen molar-refractivity contribution in [3.05, 3.63) is 34.8 Å². The van der Waals surface area contributed by atoms with Crippen molar-refractivity contribution in [1.29, 1.82) is 0 Å². The predicted molar refractivity (Wildman–Crippen MR) is 88.9 cm³/mol. The van der Waals surface area contributed by atoms with Gasteiger partial charge in [0.15, 0.2) is 0 Å². The van der Waals surface area contributed by atoms with Crippen LogP contribution in [0.4, 0.5) is 0 Å². The van der Waals surface area contributed by atoms with Gasteiger partial charge < -0.3 is 10.4 Å². The minimum atomic E-state index is -0.173. The van der Waals surface area contributed by atoms with Gasteiger partial charge in [0.1, 0.15) is 10.0 Å². The van der Waals surface area contributed by atoms with E-state index in [1.165, 1.54) is 5.56 Å². The molecule has 5 nitrogen and oxygen atoms in total. The lowest BCUT2D eigenvalue weighted by molar-refractivity contribution is 0.173. The van der Waals surface area contributed by atoms with Crippen LogP contribution in [0, 0.1) is 6.92 Å². The number of hydrogen-bond acceptors (Lipinski definition) is 6. The normalized spacial score (nSPS) is 20.4. The Balaban J connectivity index is 1.77. The van der Waals surface area contributed by atoms with Crippen molar-refractivity contribution in [2.75, 3.05) is 26.7 Å². The Morgan fingerprint density at radius 2 is 2.32 bits per heavy atom. The van der Waals surface area contributed by atoms with Crippen LogP contribution >= 0.6 is 11.3 Å². The standard InChI is InChI=1S/C16H22N4OS/c1-11-18-19-16(22-11)13-5-3-4-12(8-13)15(17-2)10-20-7-6-14(21)9-20/h3-5,8,14-15,17,21H,6-7,9-10H2,1-2H3/t14-,15-/m0/s1. The summed E-state index contributed by atoms with van der Waals surface area (Å²) in [5, 5.41) is 23.3. The molecule has 1 fully saturated rings. The Labute approximate surface area is 135 Å². The largest absolute Gasteiger partial charge is 0.392 e. The predicted octanol–water partition coefficient (Wildman–Crippen LogP) is 1.84. The smallest absolute Gasteiger partial charge is 0.147 e. The number of hydrogen-bond donors (Lipinski definition) is 2.